The van der Waals surface area contributed by atoms with Crippen molar-refractivity contribution in [3.05, 3.63) is 0 Å². The standard InChI is InChI=1S/C10H20N2O3/c1-8(6-11)9(14)12-10(7-13)2-4-15-5-3-10/h8,13H,2-7,11H2,1H3,(H,12,14). The van der Waals surface area contributed by atoms with Crippen LogP contribution >= 0.6 is 0 Å². The summed E-state index contributed by atoms with van der Waals surface area (Å²) in [6.07, 6.45) is 1.32. The Morgan fingerprint density at radius 3 is 2.67 bits per heavy atom. The normalized spacial score (nSPS) is 22.1. The molecule has 1 aliphatic rings. The maximum absolute atomic E-state index is 11.7. The van der Waals surface area contributed by atoms with E-state index in [-0.39, 0.29) is 18.4 Å². The molecule has 15 heavy (non-hydrogen) atoms. The quantitative estimate of drug-likeness (QED) is 0.576. The highest BCUT2D eigenvalue weighted by Crippen LogP contribution is 2.20. The molecule has 5 nitrogen and oxygen atoms in total. The summed E-state index contributed by atoms with van der Waals surface area (Å²) in [5, 5.41) is 12.2. The van der Waals surface area contributed by atoms with Crippen molar-refractivity contribution in [2.45, 2.75) is 25.3 Å². The van der Waals surface area contributed by atoms with Crippen LogP contribution in [0.2, 0.25) is 0 Å². The summed E-state index contributed by atoms with van der Waals surface area (Å²) in [6, 6.07) is 0. The topological polar surface area (TPSA) is 84.6 Å². The number of carbonyl (C=O) groups excluding carboxylic acids is 1. The maximum Gasteiger partial charge on any atom is 0.224 e. The van der Waals surface area contributed by atoms with E-state index in [1.807, 2.05) is 0 Å². The van der Waals surface area contributed by atoms with Gasteiger partial charge in [-0.1, -0.05) is 6.92 Å². The number of rotatable bonds is 4. The summed E-state index contributed by atoms with van der Waals surface area (Å²) >= 11 is 0. The number of nitrogens with one attached hydrogen (secondary N) is 1. The summed E-state index contributed by atoms with van der Waals surface area (Å²) in [5.41, 5.74) is 4.91. The van der Waals surface area contributed by atoms with Crippen molar-refractivity contribution in [1.82, 2.24) is 5.32 Å². The van der Waals surface area contributed by atoms with Gasteiger partial charge in [-0.05, 0) is 12.8 Å². The van der Waals surface area contributed by atoms with Crippen LogP contribution in [-0.4, -0.2) is 42.9 Å². The van der Waals surface area contributed by atoms with Crippen molar-refractivity contribution in [3.8, 4) is 0 Å². The molecule has 1 aliphatic heterocycles. The van der Waals surface area contributed by atoms with Crippen LogP contribution in [0.15, 0.2) is 0 Å². The zero-order valence-electron chi connectivity index (χ0n) is 9.16. The molecule has 1 atom stereocenters. The molecule has 1 heterocycles. The van der Waals surface area contributed by atoms with Crippen LogP contribution in [0.4, 0.5) is 0 Å². The third-order valence-electron chi connectivity index (χ3n) is 2.94. The molecule has 88 valence electrons. The van der Waals surface area contributed by atoms with Gasteiger partial charge >= 0.3 is 0 Å². The molecular formula is C10H20N2O3. The smallest absolute Gasteiger partial charge is 0.224 e. The molecule has 1 amide bonds. The highest BCUT2D eigenvalue weighted by Gasteiger charge is 2.34. The Bertz CT molecular complexity index is 215. The molecule has 0 aromatic rings. The summed E-state index contributed by atoms with van der Waals surface area (Å²) in [6.45, 7) is 3.22. The Balaban J connectivity index is 2.55. The fourth-order valence-electron chi connectivity index (χ4n) is 1.58. The number of ether oxygens (including phenoxy) is 1. The van der Waals surface area contributed by atoms with Gasteiger partial charge in [-0.15, -0.1) is 0 Å². The van der Waals surface area contributed by atoms with E-state index in [2.05, 4.69) is 5.32 Å². The monoisotopic (exact) mass is 216 g/mol. The number of aliphatic hydroxyl groups is 1. The second-order valence-electron chi connectivity index (χ2n) is 4.18. The summed E-state index contributed by atoms with van der Waals surface area (Å²) < 4.78 is 5.21. The van der Waals surface area contributed by atoms with E-state index in [0.29, 0.717) is 32.6 Å². The zero-order valence-corrected chi connectivity index (χ0v) is 9.16. The van der Waals surface area contributed by atoms with Crippen LogP contribution in [0.25, 0.3) is 0 Å². The Morgan fingerprint density at radius 1 is 1.60 bits per heavy atom. The number of hydrogen-bond acceptors (Lipinski definition) is 4. The SMILES string of the molecule is CC(CN)C(=O)NC1(CO)CCOCC1. The maximum atomic E-state index is 11.7. The van der Waals surface area contributed by atoms with Gasteiger partial charge in [0.15, 0.2) is 0 Å². The Labute approximate surface area is 90.0 Å². The lowest BCUT2D eigenvalue weighted by molar-refractivity contribution is -0.128. The molecule has 0 radical (unpaired) electrons. The molecule has 0 aliphatic carbocycles. The van der Waals surface area contributed by atoms with Crippen molar-refractivity contribution in [2.75, 3.05) is 26.4 Å². The van der Waals surface area contributed by atoms with Gasteiger partial charge in [0.1, 0.15) is 0 Å². The number of nitrogens with two attached hydrogens (primary N) is 1. The Kier molecular flexibility index (Phi) is 4.50. The second kappa shape index (κ2) is 5.44. The van der Waals surface area contributed by atoms with Gasteiger partial charge in [-0.25, -0.2) is 0 Å². The van der Waals surface area contributed by atoms with Gasteiger partial charge in [-0.2, -0.15) is 0 Å². The third-order valence-corrected chi connectivity index (χ3v) is 2.94. The average molecular weight is 216 g/mol. The molecule has 1 fully saturated rings. The fraction of sp³-hybridized carbons (Fsp3) is 0.900. The van der Waals surface area contributed by atoms with E-state index in [0.717, 1.165) is 0 Å². The Morgan fingerprint density at radius 2 is 2.20 bits per heavy atom. The van der Waals surface area contributed by atoms with Crippen LogP contribution in [0, 0.1) is 5.92 Å². The largest absolute Gasteiger partial charge is 0.394 e. The van der Waals surface area contributed by atoms with Crippen LogP contribution in [0.1, 0.15) is 19.8 Å². The fourth-order valence-corrected chi connectivity index (χ4v) is 1.58. The molecule has 0 bridgehead atoms. The van der Waals surface area contributed by atoms with Gasteiger partial charge in [0, 0.05) is 25.7 Å². The van der Waals surface area contributed by atoms with Gasteiger partial charge in [0.2, 0.25) is 5.91 Å². The van der Waals surface area contributed by atoms with Gasteiger partial charge in [0.05, 0.1) is 12.1 Å². The summed E-state index contributed by atoms with van der Waals surface area (Å²) in [4.78, 5) is 11.7. The lowest BCUT2D eigenvalue weighted by Crippen LogP contribution is -2.56. The minimum absolute atomic E-state index is 0.0423. The third kappa shape index (κ3) is 3.15. The molecule has 0 saturated carbocycles. The first kappa shape index (κ1) is 12.4. The van der Waals surface area contributed by atoms with E-state index in [4.69, 9.17) is 10.5 Å². The molecule has 0 aromatic heterocycles. The van der Waals surface area contributed by atoms with E-state index in [1.54, 1.807) is 6.92 Å². The van der Waals surface area contributed by atoms with Crippen molar-refractivity contribution < 1.29 is 14.6 Å². The highest BCUT2D eigenvalue weighted by atomic mass is 16.5. The number of carbonyl (C=O) groups is 1. The molecule has 1 unspecified atom stereocenters. The van der Waals surface area contributed by atoms with Gasteiger partial charge in [0.25, 0.3) is 0 Å². The molecule has 1 rings (SSSR count). The van der Waals surface area contributed by atoms with E-state index in [1.165, 1.54) is 0 Å². The van der Waals surface area contributed by atoms with Crippen LogP contribution in [0.3, 0.4) is 0 Å². The van der Waals surface area contributed by atoms with Crippen molar-refractivity contribution in [2.24, 2.45) is 11.7 Å². The molecule has 4 N–H and O–H groups in total. The van der Waals surface area contributed by atoms with Crippen LogP contribution < -0.4 is 11.1 Å². The number of aliphatic hydroxyl groups excluding tert-OH is 1. The lowest BCUT2D eigenvalue weighted by Gasteiger charge is -2.37. The van der Waals surface area contributed by atoms with E-state index in [9.17, 15) is 9.90 Å². The first-order valence-corrected chi connectivity index (χ1v) is 5.34. The molecule has 0 spiro atoms. The predicted molar refractivity (Wildman–Crippen MR) is 56.2 cm³/mol. The highest BCUT2D eigenvalue weighted by molar-refractivity contribution is 5.79. The number of hydrogen-bond donors (Lipinski definition) is 3. The van der Waals surface area contributed by atoms with Crippen LogP contribution in [0.5, 0.6) is 0 Å². The van der Waals surface area contributed by atoms with E-state index >= 15 is 0 Å². The van der Waals surface area contributed by atoms with Crippen LogP contribution in [-0.2, 0) is 9.53 Å². The molecule has 5 heteroatoms. The summed E-state index contributed by atoms with van der Waals surface area (Å²) in [7, 11) is 0. The molecule has 1 saturated heterocycles. The average Bonchev–Trinajstić information content (AvgIpc) is 2.29. The lowest BCUT2D eigenvalue weighted by atomic mass is 9.90. The molecule has 0 aromatic carbocycles. The first-order valence-electron chi connectivity index (χ1n) is 5.34. The molecular weight excluding hydrogens is 196 g/mol. The number of amides is 1. The zero-order chi connectivity index (χ0) is 11.3. The van der Waals surface area contributed by atoms with Crippen molar-refractivity contribution >= 4 is 5.91 Å². The minimum Gasteiger partial charge on any atom is -0.394 e. The minimum atomic E-state index is -0.501. The predicted octanol–water partition coefficient (Wildman–Crippen LogP) is -0.761. The van der Waals surface area contributed by atoms with Gasteiger partial charge < -0.3 is 20.9 Å². The van der Waals surface area contributed by atoms with E-state index < -0.39 is 5.54 Å². The van der Waals surface area contributed by atoms with Crippen molar-refractivity contribution in [3.63, 3.8) is 0 Å². The summed E-state index contributed by atoms with van der Waals surface area (Å²) in [5.74, 6) is -0.301. The first-order chi connectivity index (χ1) is 7.13. The van der Waals surface area contributed by atoms with Crippen molar-refractivity contribution in [1.29, 1.82) is 0 Å². The Hall–Kier alpha value is -0.650. The second-order valence-corrected chi connectivity index (χ2v) is 4.18. The van der Waals surface area contributed by atoms with Gasteiger partial charge in [-0.3, -0.25) is 4.79 Å².